The van der Waals surface area contributed by atoms with Gasteiger partial charge in [0.1, 0.15) is 0 Å². The van der Waals surface area contributed by atoms with Gasteiger partial charge in [0, 0.05) is 45.7 Å². The maximum absolute atomic E-state index is 2.58. The third kappa shape index (κ3) is 4.48. The summed E-state index contributed by atoms with van der Waals surface area (Å²) >= 11 is 0. The standard InChI is InChI=1S/C58H40N2/c1-35-17-9-11-29-49(35)59(37-19-5-3-6-20-37)51-31-15-27-43-53(51)41-25-13-23-39-45-34-48-46(33-47(45)57(43)55(39)41)40-24-14-26-42-54-44(58(48)56(40)42)28-16-32-52(54)60(38-21-7-4-8-22-38)50-30-12-10-18-36(50)2/h3-34,57-58H,1-2H3. The number of aryl methyl sites for hydroxylation is 2. The fourth-order valence-corrected chi connectivity index (χ4v) is 11.3. The molecule has 0 aromatic heterocycles. The van der Waals surface area contributed by atoms with E-state index in [9.17, 15) is 0 Å². The Kier molecular flexibility index (Phi) is 7.01. The second-order valence-corrected chi connectivity index (χ2v) is 16.8. The van der Waals surface area contributed by atoms with Crippen LogP contribution in [0.15, 0.2) is 194 Å². The van der Waals surface area contributed by atoms with Gasteiger partial charge in [-0.15, -0.1) is 0 Å². The molecule has 4 aliphatic carbocycles. The normalized spacial score (nSPS) is 15.2. The van der Waals surface area contributed by atoms with Crippen molar-refractivity contribution in [1.29, 1.82) is 0 Å². The number of nitrogens with zero attached hydrogens (tertiary/aromatic N) is 2. The Labute approximate surface area is 351 Å². The number of para-hydroxylation sites is 4. The first-order valence-electron chi connectivity index (χ1n) is 21.2. The first-order chi connectivity index (χ1) is 29.7. The molecule has 0 spiro atoms. The van der Waals surface area contributed by atoms with Crippen LogP contribution in [0, 0.1) is 13.8 Å². The second-order valence-electron chi connectivity index (χ2n) is 16.8. The van der Waals surface area contributed by atoms with Crippen LogP contribution in [0.5, 0.6) is 0 Å². The Morgan fingerprint density at radius 1 is 0.300 bits per heavy atom. The van der Waals surface area contributed by atoms with Crippen LogP contribution in [0.4, 0.5) is 34.1 Å². The topological polar surface area (TPSA) is 6.48 Å². The fraction of sp³-hybridized carbons (Fsp3) is 0.0690. The quantitative estimate of drug-likeness (QED) is 0.166. The Hall–Kier alpha value is -7.42. The molecule has 0 heterocycles. The summed E-state index contributed by atoms with van der Waals surface area (Å²) < 4.78 is 0. The molecule has 0 radical (unpaired) electrons. The molecule has 9 aromatic rings. The molecule has 4 aliphatic rings. The molecule has 0 aliphatic heterocycles. The zero-order chi connectivity index (χ0) is 39.6. The Bertz CT molecular complexity index is 3030. The van der Waals surface area contributed by atoms with Crippen molar-refractivity contribution in [3.63, 3.8) is 0 Å². The van der Waals surface area contributed by atoms with Crippen molar-refractivity contribution in [2.75, 3.05) is 9.80 Å². The lowest BCUT2D eigenvalue weighted by molar-refractivity contribution is 1.04. The molecular formula is C58H40N2. The average molecular weight is 765 g/mol. The van der Waals surface area contributed by atoms with Crippen LogP contribution < -0.4 is 9.80 Å². The number of benzene rings is 9. The monoisotopic (exact) mass is 764 g/mol. The van der Waals surface area contributed by atoms with E-state index in [1.807, 2.05) is 0 Å². The summed E-state index contributed by atoms with van der Waals surface area (Å²) in [5.41, 5.74) is 29.2. The van der Waals surface area contributed by atoms with E-state index in [2.05, 4.69) is 218 Å². The Balaban J connectivity index is 0.990. The van der Waals surface area contributed by atoms with E-state index >= 15 is 0 Å². The summed E-state index contributed by atoms with van der Waals surface area (Å²) in [5.74, 6) is 0.365. The maximum atomic E-state index is 2.58. The predicted octanol–water partition coefficient (Wildman–Crippen LogP) is 15.5. The number of hydrogen-bond acceptors (Lipinski definition) is 2. The van der Waals surface area contributed by atoms with Crippen LogP contribution in [0.3, 0.4) is 0 Å². The number of rotatable bonds is 6. The fourth-order valence-electron chi connectivity index (χ4n) is 11.3. The summed E-state index contributed by atoms with van der Waals surface area (Å²) in [5, 5.41) is 0. The van der Waals surface area contributed by atoms with Crippen LogP contribution in [-0.4, -0.2) is 0 Å². The molecule has 282 valence electrons. The molecule has 0 fully saturated rings. The Morgan fingerprint density at radius 2 is 0.667 bits per heavy atom. The van der Waals surface area contributed by atoms with E-state index in [1.54, 1.807) is 0 Å². The summed E-state index contributed by atoms with van der Waals surface area (Å²) in [6.45, 7) is 4.44. The summed E-state index contributed by atoms with van der Waals surface area (Å²) in [6.07, 6.45) is 0. The van der Waals surface area contributed by atoms with Crippen molar-refractivity contribution in [2.45, 2.75) is 25.7 Å². The van der Waals surface area contributed by atoms with Gasteiger partial charge >= 0.3 is 0 Å². The summed E-state index contributed by atoms with van der Waals surface area (Å²) in [7, 11) is 0. The lowest BCUT2D eigenvalue weighted by Gasteiger charge is -2.29. The highest BCUT2D eigenvalue weighted by atomic mass is 15.2. The van der Waals surface area contributed by atoms with E-state index in [-0.39, 0.29) is 11.8 Å². The maximum Gasteiger partial charge on any atom is 0.0543 e. The molecule has 0 bridgehead atoms. The zero-order valence-electron chi connectivity index (χ0n) is 33.5. The average Bonchev–Trinajstić information content (AvgIpc) is 4.02. The third-order valence-corrected chi connectivity index (χ3v) is 13.7. The zero-order valence-corrected chi connectivity index (χ0v) is 33.5. The molecule has 0 saturated heterocycles. The first kappa shape index (κ1) is 33.5. The van der Waals surface area contributed by atoms with E-state index in [0.29, 0.717) is 0 Å². The molecular weight excluding hydrogens is 725 g/mol. The molecule has 2 nitrogen and oxygen atoms in total. The van der Waals surface area contributed by atoms with Crippen molar-refractivity contribution in [1.82, 2.24) is 0 Å². The van der Waals surface area contributed by atoms with E-state index in [0.717, 1.165) is 0 Å². The van der Waals surface area contributed by atoms with Crippen LogP contribution in [-0.2, 0) is 0 Å². The van der Waals surface area contributed by atoms with Gasteiger partial charge in [-0.1, -0.05) is 133 Å². The number of hydrogen-bond donors (Lipinski definition) is 0. The van der Waals surface area contributed by atoms with Gasteiger partial charge in [-0.25, -0.2) is 0 Å². The van der Waals surface area contributed by atoms with Crippen LogP contribution >= 0.6 is 0 Å². The number of anilines is 6. The smallest absolute Gasteiger partial charge is 0.0543 e. The van der Waals surface area contributed by atoms with Gasteiger partial charge in [-0.2, -0.15) is 0 Å². The highest BCUT2D eigenvalue weighted by Gasteiger charge is 2.45. The van der Waals surface area contributed by atoms with Crippen molar-refractivity contribution in [3.8, 4) is 44.5 Å². The molecule has 0 N–H and O–H groups in total. The minimum absolute atomic E-state index is 0.182. The van der Waals surface area contributed by atoms with Gasteiger partial charge < -0.3 is 9.80 Å². The van der Waals surface area contributed by atoms with Gasteiger partial charge in [-0.05, 0) is 152 Å². The third-order valence-electron chi connectivity index (χ3n) is 13.7. The van der Waals surface area contributed by atoms with E-state index in [1.165, 1.54) is 123 Å². The van der Waals surface area contributed by atoms with Crippen LogP contribution in [0.1, 0.15) is 56.3 Å². The van der Waals surface area contributed by atoms with Gasteiger partial charge in [-0.3, -0.25) is 0 Å². The van der Waals surface area contributed by atoms with Crippen LogP contribution in [0.2, 0.25) is 0 Å². The van der Waals surface area contributed by atoms with Crippen molar-refractivity contribution in [2.24, 2.45) is 0 Å². The van der Waals surface area contributed by atoms with Gasteiger partial charge in [0.15, 0.2) is 0 Å². The highest BCUT2D eigenvalue weighted by Crippen LogP contribution is 2.65. The Morgan fingerprint density at radius 3 is 1.10 bits per heavy atom. The molecule has 2 atom stereocenters. The first-order valence-corrected chi connectivity index (χ1v) is 21.2. The molecule has 13 rings (SSSR count). The van der Waals surface area contributed by atoms with E-state index < -0.39 is 0 Å². The second kappa shape index (κ2) is 12.5. The molecule has 60 heavy (non-hydrogen) atoms. The molecule has 0 saturated carbocycles. The van der Waals surface area contributed by atoms with Gasteiger partial charge in [0.25, 0.3) is 0 Å². The lowest BCUT2D eigenvalue weighted by atomic mass is 9.86. The van der Waals surface area contributed by atoms with Crippen molar-refractivity contribution >= 4 is 34.1 Å². The predicted molar refractivity (Wildman–Crippen MR) is 249 cm³/mol. The van der Waals surface area contributed by atoms with Crippen molar-refractivity contribution in [3.05, 3.63) is 239 Å². The molecule has 9 aromatic carbocycles. The minimum Gasteiger partial charge on any atom is -0.310 e. The molecule has 2 heteroatoms. The van der Waals surface area contributed by atoms with Crippen molar-refractivity contribution < 1.29 is 0 Å². The van der Waals surface area contributed by atoms with Crippen LogP contribution in [0.25, 0.3) is 44.5 Å². The molecule has 0 amide bonds. The van der Waals surface area contributed by atoms with Gasteiger partial charge in [0.05, 0.1) is 11.4 Å². The SMILES string of the molecule is Cc1ccccc1N(c1ccccc1)c1cccc2c1-c1cccc3c1C2c1cc2c(cc1-3)C1c3cccc(N(c4ccccc4)c4ccccc4C)c3-c3cccc-2c31. The number of fused-ring (bicyclic) bond motifs is 12. The molecule has 2 unspecified atom stereocenters. The van der Waals surface area contributed by atoms with E-state index in [4.69, 9.17) is 0 Å². The summed E-state index contributed by atoms with van der Waals surface area (Å²) in [6, 6.07) is 72.4. The largest absolute Gasteiger partial charge is 0.310 e. The lowest BCUT2D eigenvalue weighted by Crippen LogP contribution is -2.13. The highest BCUT2D eigenvalue weighted by molar-refractivity contribution is 6.05. The summed E-state index contributed by atoms with van der Waals surface area (Å²) in [4.78, 5) is 4.94. The van der Waals surface area contributed by atoms with Gasteiger partial charge in [0.2, 0.25) is 0 Å². The minimum atomic E-state index is 0.182.